The predicted octanol–water partition coefficient (Wildman–Crippen LogP) is 4.06. The zero-order valence-electron chi connectivity index (χ0n) is 14.7. The van der Waals surface area contributed by atoms with E-state index in [-0.39, 0.29) is 5.56 Å². The van der Waals surface area contributed by atoms with Gasteiger partial charge in [-0.2, -0.15) is 0 Å². The van der Waals surface area contributed by atoms with E-state index in [0.717, 1.165) is 11.4 Å². The fourth-order valence-corrected chi connectivity index (χ4v) is 3.56. The second kappa shape index (κ2) is 6.24. The van der Waals surface area contributed by atoms with Crippen molar-refractivity contribution in [2.24, 2.45) is 0 Å². The minimum atomic E-state index is -4.88. The summed E-state index contributed by atoms with van der Waals surface area (Å²) in [5.74, 6) is 0. The molecule has 0 saturated carbocycles. The smallest absolute Gasteiger partial charge is 0.388 e. The SMILES string of the molecule is Cc1nc2c3c(ccn2c1C)[C@@H](OC(F)(F)F)[C@H](O)[C@@H](c1ccccc1)N3. The minimum absolute atomic E-state index is 0.226. The molecule has 4 rings (SSSR count). The van der Waals surface area contributed by atoms with E-state index in [4.69, 9.17) is 0 Å². The number of aromatic nitrogens is 2. The molecule has 3 aromatic rings. The summed E-state index contributed by atoms with van der Waals surface area (Å²) < 4.78 is 45.3. The summed E-state index contributed by atoms with van der Waals surface area (Å²) >= 11 is 0. The lowest BCUT2D eigenvalue weighted by Crippen LogP contribution is -2.39. The van der Waals surface area contributed by atoms with E-state index in [2.05, 4.69) is 15.0 Å². The molecule has 1 aliphatic rings. The van der Waals surface area contributed by atoms with Gasteiger partial charge < -0.3 is 14.8 Å². The Morgan fingerprint density at radius 1 is 1.15 bits per heavy atom. The Kier molecular flexibility index (Phi) is 4.12. The van der Waals surface area contributed by atoms with Crippen molar-refractivity contribution >= 4 is 11.3 Å². The van der Waals surface area contributed by atoms with Gasteiger partial charge in [0.05, 0.1) is 17.4 Å². The number of rotatable bonds is 2. The van der Waals surface area contributed by atoms with Crippen LogP contribution in [0.15, 0.2) is 42.6 Å². The van der Waals surface area contributed by atoms with E-state index in [1.807, 2.05) is 18.2 Å². The lowest BCUT2D eigenvalue weighted by molar-refractivity contribution is -0.354. The number of hydrogen-bond acceptors (Lipinski definition) is 4. The number of anilines is 1. The third-order valence-corrected chi connectivity index (χ3v) is 4.98. The number of aryl methyl sites for hydroxylation is 2. The molecule has 27 heavy (non-hydrogen) atoms. The lowest BCUT2D eigenvalue weighted by atomic mass is 9.89. The normalized spacial score (nSPS) is 22.5. The number of pyridine rings is 1. The van der Waals surface area contributed by atoms with Gasteiger partial charge in [0, 0.05) is 17.5 Å². The maximum atomic E-state index is 13.0. The van der Waals surface area contributed by atoms with E-state index in [1.165, 1.54) is 6.07 Å². The highest BCUT2D eigenvalue weighted by atomic mass is 19.4. The fraction of sp³-hybridized carbons (Fsp3) is 0.316. The van der Waals surface area contributed by atoms with E-state index in [9.17, 15) is 18.3 Å². The van der Waals surface area contributed by atoms with Crippen LogP contribution in [-0.4, -0.2) is 27.0 Å². The Hall–Kier alpha value is -2.58. The van der Waals surface area contributed by atoms with Gasteiger partial charge in [-0.25, -0.2) is 4.98 Å². The highest BCUT2D eigenvalue weighted by Crippen LogP contribution is 2.45. The van der Waals surface area contributed by atoms with Crippen molar-refractivity contribution in [2.75, 3.05) is 5.32 Å². The molecule has 0 radical (unpaired) electrons. The Labute approximate surface area is 153 Å². The summed E-state index contributed by atoms with van der Waals surface area (Å²) in [6.45, 7) is 3.72. The Morgan fingerprint density at radius 3 is 2.52 bits per heavy atom. The molecule has 0 amide bonds. The van der Waals surface area contributed by atoms with Gasteiger partial charge in [-0.1, -0.05) is 30.3 Å². The molecule has 142 valence electrons. The quantitative estimate of drug-likeness (QED) is 0.707. The Balaban J connectivity index is 1.90. The zero-order valence-corrected chi connectivity index (χ0v) is 14.7. The van der Waals surface area contributed by atoms with E-state index in [1.54, 1.807) is 36.5 Å². The highest BCUT2D eigenvalue weighted by Gasteiger charge is 2.44. The largest absolute Gasteiger partial charge is 0.523 e. The number of ether oxygens (including phenoxy) is 1. The number of benzene rings is 1. The van der Waals surface area contributed by atoms with Crippen LogP contribution in [0.5, 0.6) is 0 Å². The van der Waals surface area contributed by atoms with Crippen LogP contribution in [0.4, 0.5) is 18.9 Å². The average molecular weight is 377 g/mol. The third-order valence-electron chi connectivity index (χ3n) is 4.98. The molecule has 5 nitrogen and oxygen atoms in total. The first-order valence-corrected chi connectivity index (χ1v) is 8.48. The molecular weight excluding hydrogens is 359 g/mol. The average Bonchev–Trinajstić information content (AvgIpc) is 2.91. The summed E-state index contributed by atoms with van der Waals surface area (Å²) in [5.41, 5.74) is 3.50. The summed E-state index contributed by atoms with van der Waals surface area (Å²) in [6, 6.07) is 9.60. The van der Waals surface area contributed by atoms with E-state index < -0.39 is 24.6 Å². The predicted molar refractivity (Wildman–Crippen MR) is 93.4 cm³/mol. The lowest BCUT2D eigenvalue weighted by Gasteiger charge is -2.38. The monoisotopic (exact) mass is 377 g/mol. The van der Waals surface area contributed by atoms with Gasteiger partial charge in [-0.15, -0.1) is 13.2 Å². The standard InChI is InChI=1S/C19H18F3N3O2/c1-10-11(2)25-9-8-13-15(18(25)23-10)24-14(12-6-4-3-5-7-12)16(26)17(13)27-19(20,21)22/h3-9,14,16-17,24,26H,1-2H3/t14-,16-,17-/m1/s1. The zero-order chi connectivity index (χ0) is 19.3. The van der Waals surface area contributed by atoms with Crippen LogP contribution in [0.2, 0.25) is 0 Å². The van der Waals surface area contributed by atoms with Gasteiger partial charge in [0.25, 0.3) is 0 Å². The third kappa shape index (κ3) is 3.04. The van der Waals surface area contributed by atoms with Crippen LogP contribution in [0, 0.1) is 13.8 Å². The van der Waals surface area contributed by atoms with Gasteiger partial charge in [0.15, 0.2) is 5.65 Å². The van der Waals surface area contributed by atoms with E-state index in [0.29, 0.717) is 16.9 Å². The van der Waals surface area contributed by atoms with Crippen LogP contribution in [0.25, 0.3) is 5.65 Å². The molecule has 0 unspecified atom stereocenters. The van der Waals surface area contributed by atoms with Gasteiger partial charge >= 0.3 is 6.36 Å². The number of aliphatic hydroxyl groups is 1. The van der Waals surface area contributed by atoms with Crippen molar-refractivity contribution in [1.82, 2.24) is 9.38 Å². The number of nitrogens with one attached hydrogen (secondary N) is 1. The molecule has 2 N–H and O–H groups in total. The molecule has 2 aromatic heterocycles. The highest BCUT2D eigenvalue weighted by molar-refractivity contribution is 5.75. The number of hydrogen-bond donors (Lipinski definition) is 2. The van der Waals surface area contributed by atoms with Crippen molar-refractivity contribution in [3.8, 4) is 0 Å². The Morgan fingerprint density at radius 2 is 1.85 bits per heavy atom. The molecule has 3 atom stereocenters. The van der Waals surface area contributed by atoms with E-state index >= 15 is 0 Å². The molecule has 0 fully saturated rings. The second-order valence-electron chi connectivity index (χ2n) is 6.63. The molecular formula is C19H18F3N3O2. The molecule has 0 bridgehead atoms. The summed E-state index contributed by atoms with van der Waals surface area (Å²) in [5, 5.41) is 13.9. The van der Waals surface area contributed by atoms with Crippen LogP contribution < -0.4 is 5.32 Å². The number of aliphatic hydroxyl groups excluding tert-OH is 1. The number of nitrogens with zero attached hydrogens (tertiary/aromatic N) is 2. The van der Waals surface area contributed by atoms with Gasteiger partial charge in [-0.05, 0) is 25.5 Å². The second-order valence-corrected chi connectivity index (χ2v) is 6.63. The van der Waals surface area contributed by atoms with Crippen molar-refractivity contribution in [3.05, 3.63) is 65.1 Å². The number of alkyl halides is 3. The Bertz CT molecular complexity index is 985. The number of imidazole rings is 1. The van der Waals surface area contributed by atoms with Crippen LogP contribution >= 0.6 is 0 Å². The van der Waals surface area contributed by atoms with Crippen LogP contribution in [-0.2, 0) is 4.74 Å². The van der Waals surface area contributed by atoms with Crippen molar-refractivity contribution in [1.29, 1.82) is 0 Å². The minimum Gasteiger partial charge on any atom is -0.388 e. The molecule has 1 aliphatic heterocycles. The van der Waals surface area contributed by atoms with Crippen molar-refractivity contribution in [2.45, 2.75) is 38.5 Å². The molecule has 0 spiro atoms. The summed E-state index contributed by atoms with van der Waals surface area (Å²) in [7, 11) is 0. The molecule has 3 heterocycles. The maximum Gasteiger partial charge on any atom is 0.523 e. The molecule has 0 aliphatic carbocycles. The maximum absolute atomic E-state index is 13.0. The first-order valence-electron chi connectivity index (χ1n) is 8.48. The first-order chi connectivity index (χ1) is 12.8. The van der Waals surface area contributed by atoms with Crippen LogP contribution in [0.1, 0.15) is 34.7 Å². The van der Waals surface area contributed by atoms with Gasteiger partial charge in [-0.3, -0.25) is 4.74 Å². The summed E-state index contributed by atoms with van der Waals surface area (Å²) in [4.78, 5) is 4.49. The fourth-order valence-electron chi connectivity index (χ4n) is 3.56. The molecule has 8 heteroatoms. The first kappa shape index (κ1) is 17.8. The van der Waals surface area contributed by atoms with Crippen molar-refractivity contribution < 1.29 is 23.0 Å². The molecule has 0 saturated heterocycles. The number of halogens is 3. The van der Waals surface area contributed by atoms with Gasteiger partial charge in [0.2, 0.25) is 0 Å². The van der Waals surface area contributed by atoms with Crippen molar-refractivity contribution in [3.63, 3.8) is 0 Å². The topological polar surface area (TPSA) is 58.8 Å². The van der Waals surface area contributed by atoms with Crippen LogP contribution in [0.3, 0.4) is 0 Å². The summed E-state index contributed by atoms with van der Waals surface area (Å²) in [6.07, 6.45) is -6.22. The molecule has 1 aromatic carbocycles. The van der Waals surface area contributed by atoms with Gasteiger partial charge in [0.1, 0.15) is 12.2 Å². The number of fused-ring (bicyclic) bond motifs is 3.